The fourth-order valence-corrected chi connectivity index (χ4v) is 5.16. The minimum Gasteiger partial charge on any atom is -0.423 e. The number of rotatable bonds is 4. The molecule has 0 aliphatic carbocycles. The first-order valence-electron chi connectivity index (χ1n) is 9.12. The van der Waals surface area contributed by atoms with Crippen LogP contribution in [0.2, 0.25) is 0 Å². The molecule has 1 fully saturated rings. The third-order valence-corrected chi connectivity index (χ3v) is 6.60. The largest absolute Gasteiger partial charge is 0.423 e. The van der Waals surface area contributed by atoms with Gasteiger partial charge in [-0.3, -0.25) is 0 Å². The average molecular weight is 398 g/mol. The predicted molar refractivity (Wildman–Crippen MR) is 104 cm³/mol. The summed E-state index contributed by atoms with van der Waals surface area (Å²) >= 11 is 0. The van der Waals surface area contributed by atoms with Gasteiger partial charge in [0.1, 0.15) is 5.75 Å². The SMILES string of the molecule is C[C@@H]1C[C@H](C)CN(S(=O)(=O)c2ccc(C(=O)Oc3ccc(C#N)cc3)cc2)C1. The van der Waals surface area contributed by atoms with Gasteiger partial charge in [0, 0.05) is 13.1 Å². The Morgan fingerprint density at radius 1 is 1.04 bits per heavy atom. The Kier molecular flexibility index (Phi) is 5.82. The first-order chi connectivity index (χ1) is 13.3. The average Bonchev–Trinajstić information content (AvgIpc) is 2.68. The highest BCUT2D eigenvalue weighted by molar-refractivity contribution is 7.89. The van der Waals surface area contributed by atoms with Gasteiger partial charge < -0.3 is 4.74 Å². The number of ether oxygens (including phenoxy) is 1. The van der Waals surface area contributed by atoms with E-state index in [1.165, 1.54) is 40.7 Å². The Balaban J connectivity index is 1.73. The molecule has 0 amide bonds. The molecule has 1 aliphatic heterocycles. The van der Waals surface area contributed by atoms with Gasteiger partial charge in [0.05, 0.1) is 22.1 Å². The lowest BCUT2D eigenvalue weighted by Gasteiger charge is -2.34. The van der Waals surface area contributed by atoms with Crippen molar-refractivity contribution in [2.45, 2.75) is 25.2 Å². The van der Waals surface area contributed by atoms with Gasteiger partial charge in [0.25, 0.3) is 0 Å². The molecule has 2 aromatic rings. The second kappa shape index (κ2) is 8.13. The molecule has 6 nitrogen and oxygen atoms in total. The highest BCUT2D eigenvalue weighted by atomic mass is 32.2. The summed E-state index contributed by atoms with van der Waals surface area (Å²) in [5.41, 5.74) is 0.722. The van der Waals surface area contributed by atoms with Crippen molar-refractivity contribution >= 4 is 16.0 Å². The van der Waals surface area contributed by atoms with Crippen LogP contribution in [0.1, 0.15) is 36.2 Å². The number of nitrogens with zero attached hydrogens (tertiary/aromatic N) is 2. The summed E-state index contributed by atoms with van der Waals surface area (Å²) in [5, 5.41) is 8.79. The van der Waals surface area contributed by atoms with E-state index in [1.807, 2.05) is 6.07 Å². The highest BCUT2D eigenvalue weighted by Crippen LogP contribution is 2.27. The summed E-state index contributed by atoms with van der Waals surface area (Å²) < 4.78 is 32.6. The number of carbonyl (C=O) groups is 1. The van der Waals surface area contributed by atoms with Crippen LogP contribution in [0.4, 0.5) is 0 Å². The number of esters is 1. The number of hydrogen-bond donors (Lipinski definition) is 0. The topological polar surface area (TPSA) is 87.5 Å². The Labute approximate surface area is 165 Å². The molecular weight excluding hydrogens is 376 g/mol. The number of piperidine rings is 1. The third kappa shape index (κ3) is 4.41. The molecule has 2 aromatic carbocycles. The van der Waals surface area contributed by atoms with Crippen molar-refractivity contribution in [3.05, 3.63) is 59.7 Å². The second-order valence-corrected chi connectivity index (χ2v) is 9.26. The van der Waals surface area contributed by atoms with E-state index in [1.54, 1.807) is 12.1 Å². The molecule has 146 valence electrons. The smallest absolute Gasteiger partial charge is 0.343 e. The van der Waals surface area contributed by atoms with E-state index in [-0.39, 0.29) is 10.5 Å². The lowest BCUT2D eigenvalue weighted by atomic mass is 9.94. The maximum Gasteiger partial charge on any atom is 0.343 e. The molecule has 7 heteroatoms. The monoisotopic (exact) mass is 398 g/mol. The third-order valence-electron chi connectivity index (χ3n) is 4.76. The maximum atomic E-state index is 12.9. The van der Waals surface area contributed by atoms with Crippen LogP contribution in [-0.4, -0.2) is 31.8 Å². The van der Waals surface area contributed by atoms with E-state index in [2.05, 4.69) is 13.8 Å². The van der Waals surface area contributed by atoms with Crippen molar-refractivity contribution in [2.24, 2.45) is 11.8 Å². The number of hydrogen-bond acceptors (Lipinski definition) is 5. The molecule has 0 radical (unpaired) electrons. The van der Waals surface area contributed by atoms with E-state index in [4.69, 9.17) is 10.00 Å². The van der Waals surface area contributed by atoms with Crippen LogP contribution >= 0.6 is 0 Å². The Morgan fingerprint density at radius 3 is 2.14 bits per heavy atom. The summed E-state index contributed by atoms with van der Waals surface area (Å²) in [6.45, 7) is 5.13. The van der Waals surface area contributed by atoms with Crippen molar-refractivity contribution < 1.29 is 17.9 Å². The number of sulfonamides is 1. The Hall–Kier alpha value is -2.69. The predicted octanol–water partition coefficient (Wildman–Crippen LogP) is 3.44. The van der Waals surface area contributed by atoms with E-state index in [0.717, 1.165) is 6.42 Å². The van der Waals surface area contributed by atoms with Gasteiger partial charge in [0.2, 0.25) is 10.0 Å². The number of carbonyl (C=O) groups excluding carboxylic acids is 1. The quantitative estimate of drug-likeness (QED) is 0.581. The fraction of sp³-hybridized carbons (Fsp3) is 0.333. The van der Waals surface area contributed by atoms with Crippen LogP contribution in [0, 0.1) is 23.2 Å². The van der Waals surface area contributed by atoms with Gasteiger partial charge in [-0.15, -0.1) is 0 Å². The summed E-state index contributed by atoms with van der Waals surface area (Å²) in [4.78, 5) is 12.4. The molecule has 0 bridgehead atoms. The fourth-order valence-electron chi connectivity index (χ4n) is 3.48. The summed E-state index contributed by atoms with van der Waals surface area (Å²) in [5.74, 6) is 0.367. The molecule has 1 saturated heterocycles. The second-order valence-electron chi connectivity index (χ2n) is 7.32. The van der Waals surface area contributed by atoms with E-state index in [9.17, 15) is 13.2 Å². The van der Waals surface area contributed by atoms with Gasteiger partial charge in [-0.1, -0.05) is 13.8 Å². The maximum absolute atomic E-state index is 12.9. The van der Waals surface area contributed by atoms with Crippen LogP contribution in [0.3, 0.4) is 0 Å². The molecule has 0 aromatic heterocycles. The minimum absolute atomic E-state index is 0.170. The molecular formula is C21H22N2O4S. The highest BCUT2D eigenvalue weighted by Gasteiger charge is 2.31. The van der Waals surface area contributed by atoms with Gasteiger partial charge in [-0.05, 0) is 66.8 Å². The van der Waals surface area contributed by atoms with Crippen LogP contribution < -0.4 is 4.74 Å². The molecule has 0 spiro atoms. The van der Waals surface area contributed by atoms with Crippen LogP contribution in [0.5, 0.6) is 5.75 Å². The Morgan fingerprint density at radius 2 is 1.61 bits per heavy atom. The Bertz CT molecular complexity index is 982. The number of nitriles is 1. The molecule has 28 heavy (non-hydrogen) atoms. The lowest BCUT2D eigenvalue weighted by Crippen LogP contribution is -2.42. The van der Waals surface area contributed by atoms with Crippen molar-refractivity contribution in [3.8, 4) is 11.8 Å². The van der Waals surface area contributed by atoms with Gasteiger partial charge in [-0.2, -0.15) is 9.57 Å². The van der Waals surface area contributed by atoms with E-state index in [0.29, 0.717) is 36.2 Å². The molecule has 0 N–H and O–H groups in total. The zero-order chi connectivity index (χ0) is 20.3. The summed E-state index contributed by atoms with van der Waals surface area (Å²) in [7, 11) is -3.59. The molecule has 1 aliphatic rings. The first kappa shape index (κ1) is 20.1. The van der Waals surface area contributed by atoms with Gasteiger partial charge in [-0.25, -0.2) is 13.2 Å². The molecule has 2 atom stereocenters. The lowest BCUT2D eigenvalue weighted by molar-refractivity contribution is 0.0734. The zero-order valence-electron chi connectivity index (χ0n) is 15.8. The summed E-state index contributed by atoms with van der Waals surface area (Å²) in [6.07, 6.45) is 1.02. The molecule has 1 heterocycles. The van der Waals surface area contributed by atoms with Crippen molar-refractivity contribution in [1.82, 2.24) is 4.31 Å². The molecule has 0 unspecified atom stereocenters. The van der Waals surface area contributed by atoms with Crippen molar-refractivity contribution in [2.75, 3.05) is 13.1 Å². The van der Waals surface area contributed by atoms with Gasteiger partial charge in [0.15, 0.2) is 0 Å². The van der Waals surface area contributed by atoms with Crippen molar-refractivity contribution in [1.29, 1.82) is 5.26 Å². The minimum atomic E-state index is -3.59. The molecule has 3 rings (SSSR count). The van der Waals surface area contributed by atoms with Gasteiger partial charge >= 0.3 is 5.97 Å². The zero-order valence-corrected chi connectivity index (χ0v) is 16.6. The van der Waals surface area contributed by atoms with Crippen molar-refractivity contribution in [3.63, 3.8) is 0 Å². The summed E-state index contributed by atoms with van der Waals surface area (Å²) in [6, 6.07) is 14.0. The van der Waals surface area contributed by atoms with E-state index < -0.39 is 16.0 Å². The van der Waals surface area contributed by atoms with Crippen LogP contribution in [0.25, 0.3) is 0 Å². The number of benzene rings is 2. The standard InChI is InChI=1S/C21H22N2O4S/c1-15-11-16(2)14-23(13-15)28(25,26)20-9-5-18(6-10-20)21(24)27-19-7-3-17(12-22)4-8-19/h3-10,15-16H,11,13-14H2,1-2H3/t15-,16+. The van der Waals surface area contributed by atoms with E-state index >= 15 is 0 Å². The van der Waals surface area contributed by atoms with Crippen LogP contribution in [-0.2, 0) is 10.0 Å². The molecule has 0 saturated carbocycles. The van der Waals surface area contributed by atoms with Crippen LogP contribution in [0.15, 0.2) is 53.4 Å². The first-order valence-corrected chi connectivity index (χ1v) is 10.6. The normalized spacial score (nSPS) is 20.3.